The molecule has 1 fully saturated rings. The van der Waals surface area contributed by atoms with Crippen LogP contribution < -0.4 is 5.32 Å². The molecule has 166 valence electrons. The van der Waals surface area contributed by atoms with E-state index in [1.807, 2.05) is 30.5 Å². The van der Waals surface area contributed by atoms with Crippen LogP contribution >= 0.6 is 11.8 Å². The summed E-state index contributed by atoms with van der Waals surface area (Å²) in [7, 11) is 0. The van der Waals surface area contributed by atoms with Crippen molar-refractivity contribution < 1.29 is 4.79 Å². The van der Waals surface area contributed by atoms with E-state index in [1.54, 1.807) is 0 Å². The Labute approximate surface area is 193 Å². The predicted octanol–water partition coefficient (Wildman–Crippen LogP) is 3.15. The summed E-state index contributed by atoms with van der Waals surface area (Å²) in [6.07, 6.45) is 6.11. The van der Waals surface area contributed by atoms with Crippen molar-refractivity contribution in [2.45, 2.75) is 17.9 Å². The van der Waals surface area contributed by atoms with E-state index >= 15 is 0 Å². The molecular formula is C25H29N5OS. The average molecular weight is 448 g/mol. The maximum atomic E-state index is 12.7. The van der Waals surface area contributed by atoms with Gasteiger partial charge < -0.3 is 10.2 Å². The van der Waals surface area contributed by atoms with Gasteiger partial charge in [0.05, 0.1) is 21.8 Å². The third kappa shape index (κ3) is 4.90. The van der Waals surface area contributed by atoms with Crippen LogP contribution in [0.1, 0.15) is 17.7 Å². The minimum absolute atomic E-state index is 0.000925. The Morgan fingerprint density at radius 2 is 1.75 bits per heavy atom. The van der Waals surface area contributed by atoms with Crippen molar-refractivity contribution in [2.24, 2.45) is 0 Å². The minimum Gasteiger partial charge on any atom is -0.350 e. The number of nitrogens with zero attached hydrogens (tertiary/aromatic N) is 4. The summed E-state index contributed by atoms with van der Waals surface area (Å²) >= 11 is 1.51. The minimum atomic E-state index is -0.000925. The van der Waals surface area contributed by atoms with Gasteiger partial charge in [-0.15, -0.1) is 0 Å². The molecule has 6 nitrogen and oxygen atoms in total. The van der Waals surface area contributed by atoms with E-state index in [1.165, 1.54) is 23.7 Å². The highest BCUT2D eigenvalue weighted by Crippen LogP contribution is 2.34. The second kappa shape index (κ2) is 9.90. The summed E-state index contributed by atoms with van der Waals surface area (Å²) in [6.45, 7) is 7.09. The van der Waals surface area contributed by atoms with Gasteiger partial charge in [0.15, 0.2) is 0 Å². The molecule has 2 aliphatic rings. The molecule has 1 N–H and O–H groups in total. The lowest BCUT2D eigenvalue weighted by molar-refractivity contribution is -0.116. The van der Waals surface area contributed by atoms with Crippen molar-refractivity contribution >= 4 is 29.4 Å². The second-order valence-corrected chi connectivity index (χ2v) is 9.44. The molecule has 0 aliphatic carbocycles. The quantitative estimate of drug-likeness (QED) is 0.575. The SMILES string of the molecule is O=C(NCCN1CCN(CCCc2ccccc2)CC1)C1=Cc2cnc3cccc(n23)S1. The molecule has 0 saturated carbocycles. The fraction of sp³-hybridized carbons (Fsp3) is 0.360. The standard InChI is InChI=1S/C25H29N5OS/c31-25(22-18-21-19-27-23-9-4-10-24(32-22)30(21)23)26-11-13-29-16-14-28(15-17-29)12-5-8-20-6-2-1-3-7-20/h1-4,6-7,9-10,18-19H,5,8,11-17H2,(H,26,31). The third-order valence-electron chi connectivity index (χ3n) is 6.20. The van der Waals surface area contributed by atoms with Gasteiger partial charge in [0, 0.05) is 39.3 Å². The highest BCUT2D eigenvalue weighted by Gasteiger charge is 2.20. The Morgan fingerprint density at radius 1 is 0.969 bits per heavy atom. The molecule has 1 amide bonds. The Hall–Kier alpha value is -2.61. The third-order valence-corrected chi connectivity index (χ3v) is 7.25. The number of amides is 1. The lowest BCUT2D eigenvalue weighted by atomic mass is 10.1. The van der Waals surface area contributed by atoms with Crippen LogP contribution in [0.25, 0.3) is 11.7 Å². The summed E-state index contributed by atoms with van der Waals surface area (Å²) in [6, 6.07) is 16.7. The summed E-state index contributed by atoms with van der Waals surface area (Å²) in [5.74, 6) is -0.000925. The van der Waals surface area contributed by atoms with E-state index in [-0.39, 0.29) is 5.91 Å². The molecule has 5 rings (SSSR count). The number of imidazole rings is 1. The van der Waals surface area contributed by atoms with Crippen LogP contribution in [0.2, 0.25) is 0 Å². The zero-order valence-corrected chi connectivity index (χ0v) is 19.1. The number of hydrogen-bond donors (Lipinski definition) is 1. The van der Waals surface area contributed by atoms with Gasteiger partial charge in [-0.25, -0.2) is 4.98 Å². The molecule has 3 aromatic rings. The summed E-state index contributed by atoms with van der Waals surface area (Å²) in [4.78, 5) is 22.9. The number of piperazine rings is 1. The molecule has 4 heterocycles. The van der Waals surface area contributed by atoms with Crippen molar-refractivity contribution in [3.05, 3.63) is 70.9 Å². The first-order chi connectivity index (χ1) is 15.8. The van der Waals surface area contributed by atoms with Crippen molar-refractivity contribution in [1.82, 2.24) is 24.5 Å². The van der Waals surface area contributed by atoms with Gasteiger partial charge in [0.25, 0.3) is 5.91 Å². The molecule has 0 spiro atoms. The van der Waals surface area contributed by atoms with Gasteiger partial charge >= 0.3 is 0 Å². The van der Waals surface area contributed by atoms with Crippen molar-refractivity contribution in [2.75, 3.05) is 45.8 Å². The smallest absolute Gasteiger partial charge is 0.258 e. The van der Waals surface area contributed by atoms with Gasteiger partial charge in [0.1, 0.15) is 5.65 Å². The largest absolute Gasteiger partial charge is 0.350 e. The first-order valence-electron chi connectivity index (χ1n) is 11.4. The first kappa shape index (κ1) is 21.2. The van der Waals surface area contributed by atoms with Gasteiger partial charge in [0.2, 0.25) is 0 Å². The fourth-order valence-corrected chi connectivity index (χ4v) is 5.41. The number of aryl methyl sites for hydroxylation is 1. The van der Waals surface area contributed by atoms with Gasteiger partial charge in [-0.05, 0) is 43.2 Å². The maximum absolute atomic E-state index is 12.7. The van der Waals surface area contributed by atoms with E-state index < -0.39 is 0 Å². The normalized spacial score (nSPS) is 16.8. The molecule has 7 heteroatoms. The molecule has 2 aromatic heterocycles. The lowest BCUT2D eigenvalue weighted by Crippen LogP contribution is -2.48. The highest BCUT2D eigenvalue weighted by molar-refractivity contribution is 8.04. The van der Waals surface area contributed by atoms with Crippen LogP contribution in [0.3, 0.4) is 0 Å². The van der Waals surface area contributed by atoms with Crippen molar-refractivity contribution in [3.63, 3.8) is 0 Å². The van der Waals surface area contributed by atoms with Crippen molar-refractivity contribution in [3.8, 4) is 0 Å². The van der Waals surface area contributed by atoms with Crippen LogP contribution in [0.4, 0.5) is 0 Å². The number of rotatable bonds is 8. The monoisotopic (exact) mass is 447 g/mol. The van der Waals surface area contributed by atoms with Crippen LogP contribution in [0.15, 0.2) is 64.7 Å². The molecule has 1 saturated heterocycles. The number of hydrogen-bond acceptors (Lipinski definition) is 5. The topological polar surface area (TPSA) is 52.9 Å². The zero-order chi connectivity index (χ0) is 21.8. The number of pyridine rings is 1. The van der Waals surface area contributed by atoms with E-state index in [9.17, 15) is 4.79 Å². The molecule has 0 unspecified atom stereocenters. The molecule has 0 radical (unpaired) electrons. The number of nitrogens with one attached hydrogen (secondary N) is 1. The molecular weight excluding hydrogens is 418 g/mol. The van der Waals surface area contributed by atoms with E-state index in [4.69, 9.17) is 0 Å². The molecule has 32 heavy (non-hydrogen) atoms. The van der Waals surface area contributed by atoms with Crippen LogP contribution in [0.5, 0.6) is 0 Å². The number of carbonyl (C=O) groups is 1. The summed E-state index contributed by atoms with van der Waals surface area (Å²) < 4.78 is 2.08. The van der Waals surface area contributed by atoms with Gasteiger partial charge in [-0.2, -0.15) is 0 Å². The summed E-state index contributed by atoms with van der Waals surface area (Å²) in [5.41, 5.74) is 3.30. The summed E-state index contributed by atoms with van der Waals surface area (Å²) in [5, 5.41) is 4.14. The molecule has 0 bridgehead atoms. The number of benzene rings is 1. The van der Waals surface area contributed by atoms with Crippen LogP contribution in [0, 0.1) is 0 Å². The van der Waals surface area contributed by atoms with Gasteiger partial charge in [-0.1, -0.05) is 48.2 Å². The number of aromatic nitrogens is 2. The zero-order valence-electron chi connectivity index (χ0n) is 18.2. The highest BCUT2D eigenvalue weighted by atomic mass is 32.2. The second-order valence-electron chi connectivity index (χ2n) is 8.38. The lowest BCUT2D eigenvalue weighted by Gasteiger charge is -2.34. The Bertz CT molecular complexity index is 1100. The van der Waals surface area contributed by atoms with E-state index in [0.717, 1.165) is 67.0 Å². The Kier molecular flexibility index (Phi) is 6.57. The Balaban J connectivity index is 1.02. The molecule has 1 aromatic carbocycles. The first-order valence-corrected chi connectivity index (χ1v) is 12.2. The van der Waals surface area contributed by atoms with Gasteiger partial charge in [-0.3, -0.25) is 14.1 Å². The van der Waals surface area contributed by atoms with Crippen LogP contribution in [-0.2, 0) is 11.2 Å². The molecule has 2 aliphatic heterocycles. The molecule has 0 atom stereocenters. The Morgan fingerprint density at radius 3 is 2.56 bits per heavy atom. The van der Waals surface area contributed by atoms with Crippen molar-refractivity contribution in [1.29, 1.82) is 0 Å². The average Bonchev–Trinajstić information content (AvgIpc) is 3.25. The van der Waals surface area contributed by atoms with E-state index in [2.05, 4.69) is 54.8 Å². The number of thioether (sulfide) groups is 1. The predicted molar refractivity (Wildman–Crippen MR) is 130 cm³/mol. The van der Waals surface area contributed by atoms with Crippen LogP contribution in [-0.4, -0.2) is 70.9 Å². The fourth-order valence-electron chi connectivity index (χ4n) is 4.40. The van der Waals surface area contributed by atoms with E-state index in [0.29, 0.717) is 6.54 Å². The maximum Gasteiger partial charge on any atom is 0.258 e. The number of carbonyl (C=O) groups excluding carboxylic acids is 1.